The molecule has 0 unspecified atom stereocenters. The van der Waals surface area contributed by atoms with Crippen LogP contribution in [-0.4, -0.2) is 105 Å². The van der Waals surface area contributed by atoms with Crippen LogP contribution >= 0.6 is 0 Å². The van der Waals surface area contributed by atoms with Gasteiger partial charge in [-0.05, 0) is 108 Å². The van der Waals surface area contributed by atoms with Crippen LogP contribution in [0.1, 0.15) is 124 Å². The first-order chi connectivity index (χ1) is 24.5. The van der Waals surface area contributed by atoms with Gasteiger partial charge in [0.15, 0.2) is 0 Å². The fraction of sp³-hybridized carbons (Fsp3) is 0.622. The number of benzene rings is 1. The van der Waals surface area contributed by atoms with E-state index in [0.717, 1.165) is 9.91 Å². The van der Waals surface area contributed by atoms with Crippen molar-refractivity contribution in [3.05, 3.63) is 35.4 Å². The van der Waals surface area contributed by atoms with Crippen LogP contribution in [0.4, 0.5) is 19.2 Å². The van der Waals surface area contributed by atoms with Crippen LogP contribution in [0.5, 0.6) is 0 Å². The number of hydrazine groups is 1. The molecule has 0 saturated heterocycles. The first-order valence-corrected chi connectivity index (χ1v) is 17.6. The van der Waals surface area contributed by atoms with Crippen molar-refractivity contribution in [2.24, 2.45) is 10.9 Å². The molecule has 1 aliphatic heterocycles. The highest BCUT2D eigenvalue weighted by Gasteiger charge is 2.43. The molecule has 0 aromatic heterocycles. The average molecular weight is 761 g/mol. The predicted octanol–water partition coefficient (Wildman–Crippen LogP) is 6.02. The molecule has 17 heteroatoms. The SMILES string of the molecule is CC(C)[C@H](NC(=O)N(CCCN(C(=O)OC(C)(C)C)/C(=N\C(=O)OC(C)(C)C)NC(=O)OC(C)(C)C)N1C(=O)c2ccccc2C1=O)C(=O)OC(C)(C)C. The van der Waals surface area contributed by atoms with E-state index >= 15 is 0 Å². The highest BCUT2D eigenvalue weighted by Crippen LogP contribution is 2.25. The number of esters is 1. The largest absolute Gasteiger partial charge is 0.458 e. The molecule has 1 aliphatic rings. The number of rotatable bonds is 8. The molecular formula is C37H56N6O11. The van der Waals surface area contributed by atoms with E-state index in [1.54, 1.807) is 109 Å². The van der Waals surface area contributed by atoms with E-state index in [2.05, 4.69) is 15.6 Å². The molecule has 1 heterocycles. The smallest absolute Gasteiger partial charge is 0.437 e. The summed E-state index contributed by atoms with van der Waals surface area (Å²) in [7, 11) is 0. The van der Waals surface area contributed by atoms with Crippen LogP contribution in [0.25, 0.3) is 0 Å². The maximum atomic E-state index is 14.0. The predicted molar refractivity (Wildman–Crippen MR) is 197 cm³/mol. The standard InChI is InChI=1S/C37H56N6O11/c1-22(2)25(28(46)51-34(3,4)5)38-30(47)42(43-26(44)23-18-15-16-19-24(23)27(43)45)21-17-20-41(33(50)54-37(12,13)14)29(39-31(48)52-35(6,7)8)40-32(49)53-36(9,10)11/h15-16,18-19,22,25H,17,20-21H2,1-14H3,(H,38,47)(H,39,40,48,49)/t25-/m0/s1. The molecular weight excluding hydrogens is 704 g/mol. The topological polar surface area (TPSA) is 203 Å². The molecule has 0 spiro atoms. The molecule has 300 valence electrons. The molecule has 17 nitrogen and oxygen atoms in total. The summed E-state index contributed by atoms with van der Waals surface area (Å²) in [5.74, 6) is -3.42. The van der Waals surface area contributed by atoms with Gasteiger partial charge < -0.3 is 24.3 Å². The Morgan fingerprint density at radius 1 is 0.722 bits per heavy atom. The Labute approximate surface area is 317 Å². The van der Waals surface area contributed by atoms with Crippen molar-refractivity contribution in [1.29, 1.82) is 0 Å². The van der Waals surface area contributed by atoms with Gasteiger partial charge in [-0.2, -0.15) is 5.01 Å². The first kappa shape index (κ1) is 44.9. The van der Waals surface area contributed by atoms with Crippen LogP contribution < -0.4 is 10.6 Å². The monoisotopic (exact) mass is 760 g/mol. The Hall–Kier alpha value is -5.22. The quantitative estimate of drug-likeness (QED) is 0.103. The van der Waals surface area contributed by atoms with Crippen molar-refractivity contribution in [1.82, 2.24) is 25.6 Å². The van der Waals surface area contributed by atoms with Gasteiger partial charge in [-0.3, -0.25) is 14.9 Å². The number of ether oxygens (including phenoxy) is 4. The van der Waals surface area contributed by atoms with Crippen LogP contribution in [0.2, 0.25) is 0 Å². The number of fused-ring (bicyclic) bond motifs is 1. The van der Waals surface area contributed by atoms with Crippen LogP contribution in [0.15, 0.2) is 29.3 Å². The second-order valence-electron chi connectivity index (χ2n) is 16.8. The first-order valence-electron chi connectivity index (χ1n) is 17.6. The minimum atomic E-state index is -1.18. The molecule has 1 atom stereocenters. The van der Waals surface area contributed by atoms with E-state index in [1.165, 1.54) is 12.1 Å². The fourth-order valence-electron chi connectivity index (χ4n) is 4.66. The van der Waals surface area contributed by atoms with Gasteiger partial charge in [0, 0.05) is 13.1 Å². The number of hydrogen-bond donors (Lipinski definition) is 2. The van der Waals surface area contributed by atoms with Crippen molar-refractivity contribution in [3.8, 4) is 0 Å². The van der Waals surface area contributed by atoms with E-state index in [-0.39, 0.29) is 17.5 Å². The van der Waals surface area contributed by atoms with Gasteiger partial charge in [0.1, 0.15) is 28.4 Å². The molecule has 1 aromatic rings. The summed E-state index contributed by atoms with van der Waals surface area (Å²) < 4.78 is 21.7. The number of aliphatic imine (C=N–C) groups is 1. The minimum absolute atomic E-state index is 0.0524. The van der Waals surface area contributed by atoms with Crippen LogP contribution in [-0.2, 0) is 23.7 Å². The maximum absolute atomic E-state index is 14.0. The summed E-state index contributed by atoms with van der Waals surface area (Å²) in [6, 6.07) is 3.84. The number of hydrogen-bond acceptors (Lipinski definition) is 11. The van der Waals surface area contributed by atoms with Crippen molar-refractivity contribution in [2.75, 3.05) is 13.1 Å². The third-order valence-electron chi connectivity index (χ3n) is 6.68. The van der Waals surface area contributed by atoms with Crippen molar-refractivity contribution < 1.29 is 52.5 Å². The molecule has 54 heavy (non-hydrogen) atoms. The normalized spacial score (nSPS) is 14.2. The number of guanidine groups is 1. The van der Waals surface area contributed by atoms with Gasteiger partial charge in [-0.25, -0.2) is 33.9 Å². The molecule has 0 bridgehead atoms. The highest BCUT2D eigenvalue weighted by atomic mass is 16.6. The molecule has 0 saturated carbocycles. The van der Waals surface area contributed by atoms with Crippen molar-refractivity contribution in [3.63, 3.8) is 0 Å². The molecule has 2 rings (SSSR count). The summed E-state index contributed by atoms with van der Waals surface area (Å²) in [4.78, 5) is 98.6. The van der Waals surface area contributed by atoms with Crippen molar-refractivity contribution in [2.45, 2.75) is 132 Å². The maximum Gasteiger partial charge on any atom is 0.437 e. The number of urea groups is 1. The zero-order valence-electron chi connectivity index (χ0n) is 33.9. The lowest BCUT2D eigenvalue weighted by atomic mass is 10.0. The summed E-state index contributed by atoms with van der Waals surface area (Å²) in [6.07, 6.45) is -3.48. The Morgan fingerprint density at radius 3 is 1.65 bits per heavy atom. The number of alkyl carbamates (subject to hydrolysis) is 1. The van der Waals surface area contributed by atoms with E-state index < -0.39 is 95.5 Å². The van der Waals surface area contributed by atoms with E-state index in [4.69, 9.17) is 18.9 Å². The number of imide groups is 1. The van der Waals surface area contributed by atoms with Crippen LogP contribution in [0.3, 0.4) is 0 Å². The lowest BCUT2D eigenvalue weighted by molar-refractivity contribution is -0.158. The Balaban J connectivity index is 2.60. The fourth-order valence-corrected chi connectivity index (χ4v) is 4.66. The van der Waals surface area contributed by atoms with E-state index in [1.807, 2.05) is 0 Å². The zero-order chi connectivity index (χ0) is 41.6. The van der Waals surface area contributed by atoms with Gasteiger partial charge in [0.05, 0.1) is 11.1 Å². The summed E-state index contributed by atoms with van der Waals surface area (Å²) in [5, 5.41) is 6.39. The number of amides is 7. The number of carbonyl (C=O) groups is 7. The summed E-state index contributed by atoms with van der Waals surface area (Å²) >= 11 is 0. The second kappa shape index (κ2) is 17.3. The van der Waals surface area contributed by atoms with Gasteiger partial charge in [0.2, 0.25) is 5.96 Å². The highest BCUT2D eigenvalue weighted by molar-refractivity contribution is 6.21. The summed E-state index contributed by atoms with van der Waals surface area (Å²) in [6.45, 7) is 22.0. The Morgan fingerprint density at radius 2 is 1.20 bits per heavy atom. The number of carbonyl (C=O) groups excluding carboxylic acids is 7. The Bertz CT molecular complexity index is 1590. The molecule has 2 N–H and O–H groups in total. The average Bonchev–Trinajstić information content (AvgIpc) is 3.20. The van der Waals surface area contributed by atoms with E-state index in [0.29, 0.717) is 5.01 Å². The van der Waals surface area contributed by atoms with Gasteiger partial charge >= 0.3 is 30.3 Å². The molecule has 0 aliphatic carbocycles. The van der Waals surface area contributed by atoms with Crippen LogP contribution in [0, 0.1) is 5.92 Å². The van der Waals surface area contributed by atoms with Crippen molar-refractivity contribution >= 4 is 48.1 Å². The Kier molecular flexibility index (Phi) is 14.4. The van der Waals surface area contributed by atoms with Gasteiger partial charge in [-0.1, -0.05) is 26.0 Å². The van der Waals surface area contributed by atoms with Gasteiger partial charge in [-0.15, -0.1) is 4.99 Å². The molecule has 7 amide bonds. The van der Waals surface area contributed by atoms with E-state index in [9.17, 15) is 33.6 Å². The molecule has 0 radical (unpaired) electrons. The summed E-state index contributed by atoms with van der Waals surface area (Å²) in [5.41, 5.74) is -3.81. The third kappa shape index (κ3) is 14.0. The van der Waals surface area contributed by atoms with Gasteiger partial charge in [0.25, 0.3) is 11.8 Å². The lowest BCUT2D eigenvalue weighted by Gasteiger charge is -2.33. The lowest BCUT2D eigenvalue weighted by Crippen LogP contribution is -2.58. The zero-order valence-corrected chi connectivity index (χ0v) is 33.9. The number of nitrogens with zero attached hydrogens (tertiary/aromatic N) is 4. The molecule has 1 aromatic carbocycles. The second-order valence-corrected chi connectivity index (χ2v) is 16.8. The number of nitrogens with one attached hydrogen (secondary N) is 2. The molecule has 0 fully saturated rings. The minimum Gasteiger partial charge on any atom is -0.458 e. The third-order valence-corrected chi connectivity index (χ3v) is 6.68.